The first kappa shape index (κ1) is 16.3. The summed E-state index contributed by atoms with van der Waals surface area (Å²) in [4.78, 5) is 12.5. The van der Waals surface area contributed by atoms with Gasteiger partial charge in [-0.1, -0.05) is 30.3 Å². The van der Waals surface area contributed by atoms with Crippen molar-refractivity contribution in [1.29, 1.82) is 0 Å². The highest BCUT2D eigenvalue weighted by Gasteiger charge is 2.48. The van der Waals surface area contributed by atoms with Crippen LogP contribution in [0.25, 0.3) is 5.69 Å². The summed E-state index contributed by atoms with van der Waals surface area (Å²) >= 11 is 0. The Hall–Kier alpha value is -3.15. The average molecular weight is 351 g/mol. The fourth-order valence-corrected chi connectivity index (χ4v) is 3.89. The number of hydrogen-bond acceptors (Lipinski definition) is 3. The number of aromatic nitrogens is 2. The quantitative estimate of drug-likeness (QED) is 0.761. The van der Waals surface area contributed by atoms with Crippen molar-refractivity contribution in [2.45, 2.75) is 25.2 Å². The molecule has 1 aliphatic rings. The summed E-state index contributed by atoms with van der Waals surface area (Å²) in [5, 5.41) is 14.5. The van der Waals surface area contributed by atoms with E-state index in [0.29, 0.717) is 16.7 Å². The number of carbonyl (C=O) groups excluding carboxylic acids is 1. The molecule has 2 aromatic carbocycles. The lowest BCUT2D eigenvalue weighted by Crippen LogP contribution is -2.43. The zero-order valence-electron chi connectivity index (χ0n) is 14.2. The fraction of sp³-hybridized carbons (Fsp3) is 0.200. The Morgan fingerprint density at radius 3 is 2.62 bits per heavy atom. The highest BCUT2D eigenvalue weighted by molar-refractivity contribution is 5.89. The predicted octanol–water partition coefficient (Wildman–Crippen LogP) is 2.55. The lowest BCUT2D eigenvalue weighted by Gasteiger charge is -2.28. The van der Waals surface area contributed by atoms with Crippen molar-refractivity contribution < 1.29 is 14.3 Å². The Morgan fingerprint density at radius 2 is 1.92 bits per heavy atom. The Bertz CT molecular complexity index is 1010. The normalized spacial score (nSPS) is 18.7. The fourth-order valence-electron chi connectivity index (χ4n) is 3.89. The molecule has 1 aromatic heterocycles. The van der Waals surface area contributed by atoms with Gasteiger partial charge >= 0.3 is 0 Å². The van der Waals surface area contributed by atoms with Gasteiger partial charge in [-0.3, -0.25) is 4.79 Å². The highest BCUT2D eigenvalue weighted by Crippen LogP contribution is 2.45. The van der Waals surface area contributed by atoms with Crippen LogP contribution in [0.3, 0.4) is 0 Å². The molecule has 6 heteroatoms. The van der Waals surface area contributed by atoms with Gasteiger partial charge in [0.15, 0.2) is 0 Å². The van der Waals surface area contributed by atoms with Crippen molar-refractivity contribution in [3.63, 3.8) is 0 Å². The van der Waals surface area contributed by atoms with Crippen LogP contribution in [0.2, 0.25) is 0 Å². The monoisotopic (exact) mass is 351 g/mol. The molecule has 1 amide bonds. The second-order valence-electron chi connectivity index (χ2n) is 6.71. The van der Waals surface area contributed by atoms with E-state index >= 15 is 0 Å². The number of halogens is 1. The summed E-state index contributed by atoms with van der Waals surface area (Å²) in [7, 11) is 0. The summed E-state index contributed by atoms with van der Waals surface area (Å²) in [5.41, 5.74) is 7.72. The topological polar surface area (TPSA) is 81.1 Å². The third-order valence-electron chi connectivity index (χ3n) is 5.27. The van der Waals surface area contributed by atoms with Gasteiger partial charge in [0, 0.05) is 12.0 Å². The standard InChI is InChI=1S/C20H18FN3O2/c1-12-15(8-5-9-16(12)21)20(19(22)26)10-14-17(11-20)24(23-18(14)25)13-6-3-2-4-7-13/h2-9H,10-11H2,1H3,(H2,22,26)(H,23,25). The summed E-state index contributed by atoms with van der Waals surface area (Å²) in [6.45, 7) is 1.64. The molecule has 1 aliphatic carbocycles. The zero-order chi connectivity index (χ0) is 18.5. The van der Waals surface area contributed by atoms with Gasteiger partial charge in [0.1, 0.15) is 5.82 Å². The van der Waals surface area contributed by atoms with E-state index in [1.807, 2.05) is 30.3 Å². The third-order valence-corrected chi connectivity index (χ3v) is 5.27. The highest BCUT2D eigenvalue weighted by atomic mass is 19.1. The maximum absolute atomic E-state index is 14.1. The van der Waals surface area contributed by atoms with Crippen LogP contribution in [0.5, 0.6) is 5.88 Å². The maximum atomic E-state index is 14.1. The van der Waals surface area contributed by atoms with Crippen LogP contribution in [0.15, 0.2) is 48.5 Å². The maximum Gasteiger partial charge on any atom is 0.234 e. The van der Waals surface area contributed by atoms with Crippen molar-refractivity contribution in [3.8, 4) is 11.6 Å². The third kappa shape index (κ3) is 2.22. The molecule has 0 radical (unpaired) electrons. The SMILES string of the molecule is Cc1c(F)cccc1C1(C(N)=O)Cc2c(O)nn(-c3ccccc3)c2C1. The van der Waals surface area contributed by atoms with Crippen molar-refractivity contribution in [2.75, 3.05) is 0 Å². The zero-order valence-corrected chi connectivity index (χ0v) is 14.2. The molecule has 3 aromatic rings. The molecule has 0 bridgehead atoms. The van der Waals surface area contributed by atoms with Gasteiger partial charge in [-0.25, -0.2) is 9.07 Å². The van der Waals surface area contributed by atoms with Crippen LogP contribution >= 0.6 is 0 Å². The number of carbonyl (C=O) groups is 1. The van der Waals surface area contributed by atoms with Crippen molar-refractivity contribution in [1.82, 2.24) is 9.78 Å². The molecular formula is C20H18FN3O2. The van der Waals surface area contributed by atoms with Gasteiger partial charge < -0.3 is 10.8 Å². The number of benzene rings is 2. The number of primary amides is 1. The molecule has 5 nitrogen and oxygen atoms in total. The largest absolute Gasteiger partial charge is 0.492 e. The van der Waals surface area contributed by atoms with Gasteiger partial charge in [-0.05, 0) is 42.7 Å². The van der Waals surface area contributed by atoms with E-state index in [-0.39, 0.29) is 24.5 Å². The molecule has 26 heavy (non-hydrogen) atoms. The smallest absolute Gasteiger partial charge is 0.234 e. The second kappa shape index (κ2) is 5.69. The minimum Gasteiger partial charge on any atom is -0.492 e. The van der Waals surface area contributed by atoms with Crippen LogP contribution in [-0.4, -0.2) is 20.8 Å². The summed E-state index contributed by atoms with van der Waals surface area (Å²) in [5.74, 6) is -1.05. The van der Waals surface area contributed by atoms with Crippen molar-refractivity contribution >= 4 is 5.91 Å². The van der Waals surface area contributed by atoms with Crippen LogP contribution in [0.1, 0.15) is 22.4 Å². The minimum atomic E-state index is -1.10. The Morgan fingerprint density at radius 1 is 1.19 bits per heavy atom. The molecular weight excluding hydrogens is 333 g/mol. The molecule has 1 unspecified atom stereocenters. The van der Waals surface area contributed by atoms with Gasteiger partial charge in [0.25, 0.3) is 0 Å². The number of nitrogens with two attached hydrogens (primary N) is 1. The number of amides is 1. The lowest BCUT2D eigenvalue weighted by molar-refractivity contribution is -0.123. The van der Waals surface area contributed by atoms with Crippen LogP contribution in [0.4, 0.5) is 4.39 Å². The first-order valence-electron chi connectivity index (χ1n) is 8.35. The number of hydrogen-bond donors (Lipinski definition) is 2. The Balaban J connectivity index is 1.89. The molecule has 4 rings (SSSR count). The van der Waals surface area contributed by atoms with E-state index in [1.165, 1.54) is 6.07 Å². The number of aromatic hydroxyl groups is 1. The summed E-state index contributed by atoms with van der Waals surface area (Å²) in [6.07, 6.45) is 0.449. The Kier molecular flexibility index (Phi) is 3.57. The number of fused-ring (bicyclic) bond motifs is 1. The van der Waals surface area contributed by atoms with E-state index in [0.717, 1.165) is 11.4 Å². The van der Waals surface area contributed by atoms with Gasteiger partial charge in [-0.2, -0.15) is 0 Å². The number of rotatable bonds is 3. The van der Waals surface area contributed by atoms with Crippen molar-refractivity contribution in [2.24, 2.45) is 5.73 Å². The predicted molar refractivity (Wildman–Crippen MR) is 94.6 cm³/mol. The molecule has 0 saturated carbocycles. The first-order valence-corrected chi connectivity index (χ1v) is 8.35. The van der Waals surface area contributed by atoms with Crippen LogP contribution in [-0.2, 0) is 23.1 Å². The first-order chi connectivity index (χ1) is 12.4. The van der Waals surface area contributed by atoms with Gasteiger partial charge in [0.2, 0.25) is 11.8 Å². The van der Waals surface area contributed by atoms with Crippen molar-refractivity contribution in [3.05, 3.63) is 76.7 Å². The molecule has 1 heterocycles. The summed E-state index contributed by atoms with van der Waals surface area (Å²) < 4.78 is 15.8. The van der Waals surface area contributed by atoms with E-state index in [1.54, 1.807) is 23.7 Å². The molecule has 0 saturated heterocycles. The van der Waals surface area contributed by atoms with Gasteiger partial charge in [-0.15, -0.1) is 5.10 Å². The van der Waals surface area contributed by atoms with E-state index < -0.39 is 11.3 Å². The molecule has 132 valence electrons. The molecule has 0 aliphatic heterocycles. The second-order valence-corrected chi connectivity index (χ2v) is 6.71. The van der Waals surface area contributed by atoms with E-state index in [4.69, 9.17) is 5.73 Å². The summed E-state index contributed by atoms with van der Waals surface area (Å²) in [6, 6.07) is 14.0. The van der Waals surface area contributed by atoms with E-state index in [2.05, 4.69) is 5.10 Å². The minimum absolute atomic E-state index is 0.124. The molecule has 0 spiro atoms. The van der Waals surface area contributed by atoms with Gasteiger partial charge in [0.05, 0.1) is 16.8 Å². The molecule has 0 fully saturated rings. The molecule has 1 atom stereocenters. The van der Waals surface area contributed by atoms with Crippen LogP contribution < -0.4 is 5.73 Å². The molecule has 3 N–H and O–H groups in total. The number of para-hydroxylation sites is 1. The average Bonchev–Trinajstić information content (AvgIpc) is 3.16. The number of nitrogens with zero attached hydrogens (tertiary/aromatic N) is 2. The lowest BCUT2D eigenvalue weighted by atomic mass is 9.75. The van der Waals surface area contributed by atoms with Crippen LogP contribution in [0, 0.1) is 12.7 Å². The van der Waals surface area contributed by atoms with E-state index in [9.17, 15) is 14.3 Å². The Labute approximate surface area is 149 Å².